The SMILES string of the molecule is COC(=O)[C@@H]1[C@@H](C)OC(c2ccc([N+](=O)[O-])cc2)N(Cc2ccccc2)[C@H]1C. The van der Waals surface area contributed by atoms with E-state index in [1.165, 1.54) is 19.2 Å². The Morgan fingerprint density at radius 1 is 1.14 bits per heavy atom. The number of non-ortho nitro benzene ring substituents is 1. The van der Waals surface area contributed by atoms with E-state index in [1.54, 1.807) is 12.1 Å². The van der Waals surface area contributed by atoms with E-state index in [0.29, 0.717) is 6.54 Å². The molecular weight excluding hydrogens is 360 g/mol. The van der Waals surface area contributed by atoms with Gasteiger partial charge in [-0.05, 0) is 37.1 Å². The monoisotopic (exact) mass is 384 g/mol. The maximum Gasteiger partial charge on any atom is 0.312 e. The van der Waals surface area contributed by atoms with E-state index in [-0.39, 0.29) is 23.8 Å². The van der Waals surface area contributed by atoms with Gasteiger partial charge in [0.2, 0.25) is 0 Å². The molecule has 0 N–H and O–H groups in total. The molecule has 1 heterocycles. The van der Waals surface area contributed by atoms with Crippen LogP contribution in [0.2, 0.25) is 0 Å². The predicted octanol–water partition coefficient (Wildman–Crippen LogP) is 3.69. The van der Waals surface area contributed by atoms with Gasteiger partial charge in [-0.3, -0.25) is 19.8 Å². The highest BCUT2D eigenvalue weighted by atomic mass is 16.6. The van der Waals surface area contributed by atoms with Gasteiger partial charge >= 0.3 is 5.97 Å². The van der Waals surface area contributed by atoms with E-state index >= 15 is 0 Å². The first kappa shape index (κ1) is 20.0. The van der Waals surface area contributed by atoms with Crippen LogP contribution in [0.15, 0.2) is 54.6 Å². The van der Waals surface area contributed by atoms with E-state index in [4.69, 9.17) is 9.47 Å². The molecule has 1 unspecified atom stereocenters. The molecule has 0 spiro atoms. The number of nitrogens with zero attached hydrogens (tertiary/aromatic N) is 2. The Kier molecular flexibility index (Phi) is 6.06. The fourth-order valence-electron chi connectivity index (χ4n) is 3.75. The molecule has 0 aromatic heterocycles. The van der Waals surface area contributed by atoms with Crippen molar-refractivity contribution in [3.05, 3.63) is 75.8 Å². The second kappa shape index (κ2) is 8.50. The highest BCUT2D eigenvalue weighted by Gasteiger charge is 2.44. The van der Waals surface area contributed by atoms with Crippen LogP contribution >= 0.6 is 0 Å². The van der Waals surface area contributed by atoms with Gasteiger partial charge in [0, 0.05) is 24.7 Å². The van der Waals surface area contributed by atoms with E-state index in [2.05, 4.69) is 4.90 Å². The van der Waals surface area contributed by atoms with Crippen molar-refractivity contribution < 1.29 is 19.2 Å². The van der Waals surface area contributed by atoms with E-state index in [0.717, 1.165) is 11.1 Å². The molecule has 0 radical (unpaired) electrons. The van der Waals surface area contributed by atoms with Gasteiger partial charge < -0.3 is 9.47 Å². The largest absolute Gasteiger partial charge is 0.469 e. The zero-order chi connectivity index (χ0) is 20.3. The van der Waals surface area contributed by atoms with Crippen LogP contribution < -0.4 is 0 Å². The predicted molar refractivity (Wildman–Crippen MR) is 103 cm³/mol. The molecule has 4 atom stereocenters. The normalized spacial score (nSPS) is 25.2. The average molecular weight is 384 g/mol. The van der Waals surface area contributed by atoms with Gasteiger partial charge in [0.1, 0.15) is 6.23 Å². The lowest BCUT2D eigenvalue weighted by Crippen LogP contribution is -2.54. The standard InChI is InChI=1S/C21H24N2O5/c1-14-19(21(24)27-3)15(2)28-20(17-9-11-18(12-10-17)23(25)26)22(14)13-16-7-5-4-6-8-16/h4-12,14-15,19-20H,13H2,1-3H3/t14-,15+,19-,20?/m0/s1. The number of nitro groups is 1. The number of nitro benzene ring substituents is 1. The molecule has 7 heteroatoms. The summed E-state index contributed by atoms with van der Waals surface area (Å²) in [5.41, 5.74) is 1.93. The number of hydrogen-bond acceptors (Lipinski definition) is 6. The molecule has 2 aromatic carbocycles. The maximum atomic E-state index is 12.3. The number of esters is 1. The van der Waals surface area contributed by atoms with Gasteiger partial charge in [-0.15, -0.1) is 0 Å². The molecule has 7 nitrogen and oxygen atoms in total. The minimum absolute atomic E-state index is 0.0303. The summed E-state index contributed by atoms with van der Waals surface area (Å²) in [4.78, 5) is 25.0. The molecule has 1 aliphatic rings. The average Bonchev–Trinajstić information content (AvgIpc) is 2.70. The minimum Gasteiger partial charge on any atom is -0.469 e. The third kappa shape index (κ3) is 4.05. The fraction of sp³-hybridized carbons (Fsp3) is 0.381. The van der Waals surface area contributed by atoms with Crippen LogP contribution in [-0.2, 0) is 20.8 Å². The van der Waals surface area contributed by atoms with E-state index < -0.39 is 17.1 Å². The highest BCUT2D eigenvalue weighted by molar-refractivity contribution is 5.74. The Labute approximate surface area is 164 Å². The lowest BCUT2D eigenvalue weighted by Gasteiger charge is -2.47. The number of hydrogen-bond donors (Lipinski definition) is 0. The molecule has 0 aliphatic carbocycles. The van der Waals surface area contributed by atoms with Crippen LogP contribution in [0, 0.1) is 16.0 Å². The molecule has 0 saturated carbocycles. The molecule has 0 amide bonds. The molecule has 148 valence electrons. The fourth-order valence-corrected chi connectivity index (χ4v) is 3.75. The maximum absolute atomic E-state index is 12.3. The van der Waals surface area contributed by atoms with Crippen LogP contribution in [0.4, 0.5) is 5.69 Å². The van der Waals surface area contributed by atoms with Crippen LogP contribution in [0.1, 0.15) is 31.2 Å². The lowest BCUT2D eigenvalue weighted by molar-refractivity contribution is -0.384. The van der Waals surface area contributed by atoms with Gasteiger partial charge in [-0.2, -0.15) is 0 Å². The van der Waals surface area contributed by atoms with Crippen LogP contribution in [0.25, 0.3) is 0 Å². The summed E-state index contributed by atoms with van der Waals surface area (Å²) in [6, 6.07) is 16.1. The molecule has 0 bridgehead atoms. The van der Waals surface area contributed by atoms with Crippen molar-refractivity contribution in [2.24, 2.45) is 5.92 Å². The van der Waals surface area contributed by atoms with Crippen molar-refractivity contribution in [2.75, 3.05) is 7.11 Å². The second-order valence-corrected chi connectivity index (χ2v) is 6.99. The van der Waals surface area contributed by atoms with E-state index in [9.17, 15) is 14.9 Å². The summed E-state index contributed by atoms with van der Waals surface area (Å²) >= 11 is 0. The van der Waals surface area contributed by atoms with Crippen molar-refractivity contribution in [1.82, 2.24) is 4.90 Å². The number of benzene rings is 2. The Morgan fingerprint density at radius 2 is 1.79 bits per heavy atom. The number of carbonyl (C=O) groups is 1. The van der Waals surface area contributed by atoms with Crippen LogP contribution in [0.5, 0.6) is 0 Å². The third-order valence-corrected chi connectivity index (χ3v) is 5.26. The minimum atomic E-state index is -0.428. The molecule has 3 rings (SSSR count). The van der Waals surface area contributed by atoms with Crippen molar-refractivity contribution in [3.63, 3.8) is 0 Å². The number of methoxy groups -OCH3 is 1. The Balaban J connectivity index is 1.95. The molecule has 1 saturated heterocycles. The highest BCUT2D eigenvalue weighted by Crippen LogP contribution is 2.38. The number of ether oxygens (including phenoxy) is 2. The van der Waals surface area contributed by atoms with Gasteiger partial charge in [-0.25, -0.2) is 0 Å². The Morgan fingerprint density at radius 3 is 2.36 bits per heavy atom. The molecule has 1 fully saturated rings. The van der Waals surface area contributed by atoms with Gasteiger partial charge in [0.15, 0.2) is 0 Å². The smallest absolute Gasteiger partial charge is 0.312 e. The molecule has 1 aliphatic heterocycles. The third-order valence-electron chi connectivity index (χ3n) is 5.26. The van der Waals surface area contributed by atoms with Crippen LogP contribution in [-0.4, -0.2) is 35.0 Å². The quantitative estimate of drug-likeness (QED) is 0.444. The summed E-state index contributed by atoms with van der Waals surface area (Å²) in [5.74, 6) is -0.733. The summed E-state index contributed by atoms with van der Waals surface area (Å²) in [7, 11) is 1.38. The van der Waals surface area contributed by atoms with Gasteiger partial charge in [0.05, 0.1) is 24.1 Å². The van der Waals surface area contributed by atoms with Gasteiger partial charge in [0.25, 0.3) is 5.69 Å². The van der Waals surface area contributed by atoms with Crippen molar-refractivity contribution in [2.45, 2.75) is 38.8 Å². The molecule has 2 aromatic rings. The summed E-state index contributed by atoms with van der Waals surface area (Å²) in [5, 5.41) is 11.0. The zero-order valence-corrected chi connectivity index (χ0v) is 16.1. The first-order valence-corrected chi connectivity index (χ1v) is 9.19. The van der Waals surface area contributed by atoms with E-state index in [1.807, 2.05) is 44.2 Å². The summed E-state index contributed by atoms with van der Waals surface area (Å²) in [6.45, 7) is 4.42. The van der Waals surface area contributed by atoms with Crippen molar-refractivity contribution in [3.8, 4) is 0 Å². The topological polar surface area (TPSA) is 81.9 Å². The number of rotatable bonds is 5. The lowest BCUT2D eigenvalue weighted by atomic mass is 9.90. The first-order valence-electron chi connectivity index (χ1n) is 9.19. The zero-order valence-electron chi connectivity index (χ0n) is 16.1. The van der Waals surface area contributed by atoms with Crippen molar-refractivity contribution in [1.29, 1.82) is 0 Å². The second-order valence-electron chi connectivity index (χ2n) is 6.99. The van der Waals surface area contributed by atoms with Gasteiger partial charge in [-0.1, -0.05) is 30.3 Å². The Hall–Kier alpha value is -2.77. The Bertz CT molecular complexity index is 824. The van der Waals surface area contributed by atoms with Crippen molar-refractivity contribution >= 4 is 11.7 Å². The summed E-state index contributed by atoms with van der Waals surface area (Å²) in [6.07, 6.45) is -0.776. The first-order chi connectivity index (χ1) is 13.4. The summed E-state index contributed by atoms with van der Waals surface area (Å²) < 4.78 is 11.2. The van der Waals surface area contributed by atoms with Crippen LogP contribution in [0.3, 0.4) is 0 Å². The number of carbonyl (C=O) groups excluding carboxylic acids is 1. The molecular formula is C21H24N2O5. The molecule has 28 heavy (non-hydrogen) atoms.